The number of nitrogens with one attached hydrogen (secondary N) is 1. The zero-order valence-corrected chi connectivity index (χ0v) is 12.1. The Morgan fingerprint density at radius 1 is 1.50 bits per heavy atom. The second-order valence-electron chi connectivity index (χ2n) is 4.24. The maximum atomic E-state index is 11.1. The molecule has 0 radical (unpaired) electrons. The second kappa shape index (κ2) is 8.84. The van der Waals surface area contributed by atoms with E-state index in [0.717, 1.165) is 25.0 Å². The highest BCUT2D eigenvalue weighted by Gasteiger charge is 2.18. The van der Waals surface area contributed by atoms with Crippen molar-refractivity contribution >= 4 is 0 Å². The molecule has 0 aromatic carbocycles. The maximum absolute atomic E-state index is 11.1. The summed E-state index contributed by atoms with van der Waals surface area (Å²) in [7, 11) is 0. The fraction of sp³-hybridized carbons (Fsp3) is 0.714. The van der Waals surface area contributed by atoms with Crippen LogP contribution in [-0.2, 0) is 0 Å². The summed E-state index contributed by atoms with van der Waals surface area (Å²) < 4.78 is 11.1. The van der Waals surface area contributed by atoms with Crippen LogP contribution in [0.25, 0.3) is 0 Å². The van der Waals surface area contributed by atoms with Gasteiger partial charge in [0, 0.05) is 6.07 Å². The number of hydrogen-bond acceptors (Lipinski definition) is 2. The third-order valence-corrected chi connectivity index (χ3v) is 2.50. The van der Waals surface area contributed by atoms with E-state index in [1.54, 1.807) is 13.0 Å². The molecule has 0 bridgehead atoms. The summed E-state index contributed by atoms with van der Waals surface area (Å²) in [6.45, 7) is 9.96. The minimum Gasteiger partial charge on any atom is -0.311 e. The third-order valence-electron chi connectivity index (χ3n) is 2.50. The number of aromatic nitrogens is 2. The molecule has 1 unspecified atom stereocenters. The van der Waals surface area contributed by atoms with Gasteiger partial charge in [0.1, 0.15) is 12.0 Å². The van der Waals surface area contributed by atoms with Crippen molar-refractivity contribution in [3.05, 3.63) is 27.9 Å². The smallest absolute Gasteiger partial charge is 0.251 e. The Kier molecular flexibility index (Phi) is 8.25. The molecule has 0 aliphatic heterocycles. The molecule has 18 heavy (non-hydrogen) atoms. The average molecular weight is 256 g/mol. The summed E-state index contributed by atoms with van der Waals surface area (Å²) in [4.78, 5) is 17.9. The molecule has 1 atom stereocenters. The molecule has 3 nitrogen and oxygen atoms in total. The predicted molar refractivity (Wildman–Crippen MR) is 73.8 cm³/mol. The molecule has 1 aromatic rings. The normalized spacial score (nSPS) is 14.8. The van der Waals surface area contributed by atoms with Gasteiger partial charge in [0.25, 0.3) is 5.56 Å². The van der Waals surface area contributed by atoms with E-state index >= 15 is 0 Å². The lowest BCUT2D eigenvalue weighted by Gasteiger charge is -2.06. The molecule has 0 spiro atoms. The quantitative estimate of drug-likeness (QED) is 0.876. The Morgan fingerprint density at radius 3 is 2.33 bits per heavy atom. The van der Waals surface area contributed by atoms with Crippen molar-refractivity contribution < 1.29 is 4.39 Å². The standard InChI is InChI=1S/C9H14N2O.C3H5F.C2H6/c1-4-6(2)8-5-9(12)11-7(3)10-8;4-3-1-2-3;1-2/h5-6H,4H2,1-3H3,(H,10,11,12);3H,1-2H2;1-2H3. The molecule has 104 valence electrons. The van der Waals surface area contributed by atoms with E-state index in [2.05, 4.69) is 23.8 Å². The first-order valence-corrected chi connectivity index (χ1v) is 6.74. The van der Waals surface area contributed by atoms with Crippen LogP contribution in [0, 0.1) is 6.92 Å². The van der Waals surface area contributed by atoms with E-state index in [9.17, 15) is 9.18 Å². The molecule has 1 aliphatic rings. The van der Waals surface area contributed by atoms with Gasteiger partial charge in [0.15, 0.2) is 0 Å². The molecule has 1 saturated carbocycles. The maximum Gasteiger partial charge on any atom is 0.251 e. The van der Waals surface area contributed by atoms with Gasteiger partial charge in [0.2, 0.25) is 0 Å². The second-order valence-corrected chi connectivity index (χ2v) is 4.24. The number of halogens is 1. The van der Waals surface area contributed by atoms with E-state index in [4.69, 9.17) is 0 Å². The van der Waals surface area contributed by atoms with Crippen LogP contribution < -0.4 is 5.56 Å². The monoisotopic (exact) mass is 256 g/mol. The minimum atomic E-state index is -0.417. The minimum absolute atomic E-state index is 0.0576. The number of aromatic amines is 1. The summed E-state index contributed by atoms with van der Waals surface area (Å²) in [6, 6.07) is 1.57. The van der Waals surface area contributed by atoms with Gasteiger partial charge < -0.3 is 4.98 Å². The summed E-state index contributed by atoms with van der Waals surface area (Å²) in [5, 5.41) is 0. The van der Waals surface area contributed by atoms with Crippen LogP contribution in [0.4, 0.5) is 4.39 Å². The topological polar surface area (TPSA) is 45.8 Å². The zero-order chi connectivity index (χ0) is 14.1. The van der Waals surface area contributed by atoms with Crippen molar-refractivity contribution in [1.82, 2.24) is 9.97 Å². The Labute approximate surface area is 109 Å². The summed E-state index contributed by atoms with van der Waals surface area (Å²) in [5.41, 5.74) is 0.830. The van der Waals surface area contributed by atoms with E-state index < -0.39 is 6.17 Å². The largest absolute Gasteiger partial charge is 0.311 e. The van der Waals surface area contributed by atoms with Gasteiger partial charge in [0.05, 0.1) is 5.69 Å². The van der Waals surface area contributed by atoms with Crippen LogP contribution >= 0.6 is 0 Å². The molecule has 0 saturated heterocycles. The van der Waals surface area contributed by atoms with Crippen LogP contribution in [0.2, 0.25) is 0 Å². The number of alkyl halides is 1. The fourth-order valence-electron chi connectivity index (χ4n) is 1.13. The fourth-order valence-corrected chi connectivity index (χ4v) is 1.13. The molecule has 1 aliphatic carbocycles. The lowest BCUT2D eigenvalue weighted by molar-refractivity contribution is 0.480. The van der Waals surface area contributed by atoms with Gasteiger partial charge in [-0.15, -0.1) is 0 Å². The van der Waals surface area contributed by atoms with Crippen LogP contribution in [0.1, 0.15) is 64.4 Å². The number of aryl methyl sites for hydroxylation is 1. The van der Waals surface area contributed by atoms with Crippen molar-refractivity contribution in [3.8, 4) is 0 Å². The first kappa shape index (κ1) is 16.8. The van der Waals surface area contributed by atoms with Crippen molar-refractivity contribution in [3.63, 3.8) is 0 Å². The predicted octanol–water partition coefficient (Wildman–Crippen LogP) is 3.74. The van der Waals surface area contributed by atoms with Crippen LogP contribution in [-0.4, -0.2) is 16.1 Å². The van der Waals surface area contributed by atoms with E-state index in [1.807, 2.05) is 13.8 Å². The average Bonchev–Trinajstić information content (AvgIpc) is 3.13. The highest BCUT2D eigenvalue weighted by Crippen LogP contribution is 2.22. The van der Waals surface area contributed by atoms with Crippen molar-refractivity contribution in [2.24, 2.45) is 0 Å². The first-order chi connectivity index (χ1) is 8.52. The highest BCUT2D eigenvalue weighted by molar-refractivity contribution is 5.06. The number of rotatable bonds is 2. The Hall–Kier alpha value is -1.19. The molecule has 2 rings (SSSR count). The van der Waals surface area contributed by atoms with Gasteiger partial charge in [-0.3, -0.25) is 4.79 Å². The molecule has 1 aromatic heterocycles. The summed E-state index contributed by atoms with van der Waals surface area (Å²) in [5.74, 6) is 1.06. The molecule has 1 heterocycles. The lowest BCUT2D eigenvalue weighted by atomic mass is 10.1. The highest BCUT2D eigenvalue weighted by atomic mass is 19.1. The van der Waals surface area contributed by atoms with Gasteiger partial charge >= 0.3 is 0 Å². The Morgan fingerprint density at radius 2 is 2.00 bits per heavy atom. The van der Waals surface area contributed by atoms with Crippen LogP contribution in [0.3, 0.4) is 0 Å². The van der Waals surface area contributed by atoms with Crippen molar-refractivity contribution in [2.75, 3.05) is 0 Å². The van der Waals surface area contributed by atoms with Gasteiger partial charge in [-0.05, 0) is 32.1 Å². The van der Waals surface area contributed by atoms with Gasteiger partial charge in [-0.2, -0.15) is 0 Å². The van der Waals surface area contributed by atoms with Crippen molar-refractivity contribution in [2.45, 2.75) is 66.0 Å². The summed E-state index contributed by atoms with van der Waals surface area (Å²) >= 11 is 0. The van der Waals surface area contributed by atoms with Gasteiger partial charge in [-0.25, -0.2) is 9.37 Å². The SMILES string of the molecule is CC.CCC(C)c1cc(=O)[nH]c(C)n1.FC1CC1. The number of hydrogen-bond donors (Lipinski definition) is 1. The van der Waals surface area contributed by atoms with Gasteiger partial charge in [-0.1, -0.05) is 27.7 Å². The first-order valence-electron chi connectivity index (χ1n) is 6.74. The molecule has 0 amide bonds. The van der Waals surface area contributed by atoms with E-state index in [0.29, 0.717) is 11.7 Å². The van der Waals surface area contributed by atoms with E-state index in [-0.39, 0.29) is 5.56 Å². The zero-order valence-electron chi connectivity index (χ0n) is 12.1. The third kappa shape index (κ3) is 7.20. The number of nitrogens with zero attached hydrogens (tertiary/aromatic N) is 1. The van der Waals surface area contributed by atoms with E-state index in [1.165, 1.54) is 0 Å². The summed E-state index contributed by atoms with van der Waals surface area (Å²) in [6.07, 6.45) is 2.23. The van der Waals surface area contributed by atoms with Crippen molar-refractivity contribution in [1.29, 1.82) is 0 Å². The molecular weight excluding hydrogens is 231 g/mol. The Balaban J connectivity index is 0.000000399. The Bertz CT molecular complexity index is 386. The van der Waals surface area contributed by atoms with Crippen LogP contribution in [0.15, 0.2) is 10.9 Å². The molecule has 4 heteroatoms. The van der Waals surface area contributed by atoms with Crippen LogP contribution in [0.5, 0.6) is 0 Å². The molecular formula is C14H25FN2O. The lowest BCUT2D eigenvalue weighted by Crippen LogP contribution is -2.11. The molecule has 1 fully saturated rings. The molecule has 1 N–H and O–H groups in total. The number of H-pyrrole nitrogens is 1.